The summed E-state index contributed by atoms with van der Waals surface area (Å²) in [6.07, 6.45) is -14.8. The smallest absolute Gasteiger partial charge is 0.426 e. The van der Waals surface area contributed by atoms with Gasteiger partial charge in [-0.3, -0.25) is 9.69 Å². The minimum atomic E-state index is -5.21. The Bertz CT molecular complexity index is 834. The summed E-state index contributed by atoms with van der Waals surface area (Å²) in [5.41, 5.74) is -4.06. The van der Waals surface area contributed by atoms with E-state index in [1.165, 1.54) is 0 Å². The lowest BCUT2D eigenvalue weighted by atomic mass is 10.2. The molecule has 1 heterocycles. The van der Waals surface area contributed by atoms with E-state index in [9.17, 15) is 39.9 Å². The van der Waals surface area contributed by atoms with Gasteiger partial charge in [0, 0.05) is 7.05 Å². The van der Waals surface area contributed by atoms with Crippen LogP contribution in [-0.2, 0) is 18.0 Å². The summed E-state index contributed by atoms with van der Waals surface area (Å²) < 4.78 is 109. The van der Waals surface area contributed by atoms with Gasteiger partial charge < -0.3 is 4.74 Å². The molecule has 27 heavy (non-hydrogen) atoms. The van der Waals surface area contributed by atoms with Crippen molar-refractivity contribution in [2.24, 2.45) is 7.05 Å². The monoisotopic (exact) mass is 403 g/mol. The fraction of sp³-hybridized carbons (Fsp3) is 0.286. The molecular formula is C14H9F8N3O2. The van der Waals surface area contributed by atoms with Gasteiger partial charge in [-0.05, 0) is 12.1 Å². The number of rotatable bonds is 6. The van der Waals surface area contributed by atoms with Gasteiger partial charge in [0.05, 0.1) is 5.69 Å². The number of anilines is 2. The van der Waals surface area contributed by atoms with Crippen molar-refractivity contribution in [3.63, 3.8) is 0 Å². The van der Waals surface area contributed by atoms with Crippen LogP contribution in [0.15, 0.2) is 24.3 Å². The summed E-state index contributed by atoms with van der Waals surface area (Å²) >= 11 is 0. The minimum Gasteiger partial charge on any atom is -0.426 e. The summed E-state index contributed by atoms with van der Waals surface area (Å²) in [6, 6.07) is 3.62. The van der Waals surface area contributed by atoms with E-state index in [1.54, 1.807) is 0 Å². The van der Waals surface area contributed by atoms with E-state index < -0.39 is 47.5 Å². The van der Waals surface area contributed by atoms with Crippen molar-refractivity contribution >= 4 is 17.8 Å². The fourth-order valence-electron chi connectivity index (χ4n) is 2.06. The highest BCUT2D eigenvalue weighted by molar-refractivity contribution is 5.90. The third-order valence-electron chi connectivity index (χ3n) is 3.19. The average Bonchev–Trinajstić information content (AvgIpc) is 2.85. The molecule has 2 rings (SSSR count). The van der Waals surface area contributed by atoms with Crippen LogP contribution in [0, 0.1) is 5.95 Å². The minimum absolute atomic E-state index is 0.0119. The van der Waals surface area contributed by atoms with Crippen LogP contribution >= 0.6 is 0 Å². The molecule has 0 saturated heterocycles. The maximum Gasteiger partial charge on any atom is 0.461 e. The van der Waals surface area contributed by atoms with E-state index in [4.69, 9.17) is 0 Å². The topological polar surface area (TPSA) is 47.4 Å². The molecule has 5 nitrogen and oxygen atoms in total. The number of hydrogen-bond acceptors (Lipinski definition) is 3. The molecule has 0 bridgehead atoms. The summed E-state index contributed by atoms with van der Waals surface area (Å²) in [5.74, 6) is -2.70. The first-order valence-corrected chi connectivity index (χ1v) is 6.88. The third kappa shape index (κ3) is 3.95. The van der Waals surface area contributed by atoms with E-state index in [0.717, 1.165) is 25.2 Å². The molecule has 2 aromatic rings. The molecule has 0 atom stereocenters. The van der Waals surface area contributed by atoms with Crippen molar-refractivity contribution in [1.29, 1.82) is 0 Å². The van der Waals surface area contributed by atoms with Gasteiger partial charge in [0.1, 0.15) is 5.69 Å². The molecule has 13 heteroatoms. The normalized spacial score (nSPS) is 12.4. The molecule has 0 saturated carbocycles. The van der Waals surface area contributed by atoms with Crippen molar-refractivity contribution in [2.45, 2.75) is 18.7 Å². The number of amides is 1. The van der Waals surface area contributed by atoms with Crippen molar-refractivity contribution in [3.8, 4) is 5.75 Å². The second-order valence-electron chi connectivity index (χ2n) is 5.02. The summed E-state index contributed by atoms with van der Waals surface area (Å²) in [6.45, 7) is 0. The maximum absolute atomic E-state index is 14.2. The van der Waals surface area contributed by atoms with Crippen LogP contribution in [0.4, 0.5) is 46.5 Å². The Morgan fingerprint density at radius 2 is 1.78 bits per heavy atom. The molecule has 0 radical (unpaired) electrons. The molecule has 0 N–H and O–H groups in total. The average molecular weight is 403 g/mol. The van der Waals surface area contributed by atoms with E-state index >= 15 is 0 Å². The Hall–Kier alpha value is -2.86. The molecule has 148 valence electrons. The largest absolute Gasteiger partial charge is 0.461 e. The van der Waals surface area contributed by atoms with E-state index in [-0.39, 0.29) is 16.0 Å². The molecular weight excluding hydrogens is 394 g/mol. The lowest BCUT2D eigenvalue weighted by Gasteiger charge is -2.23. The first kappa shape index (κ1) is 20.5. The van der Waals surface area contributed by atoms with E-state index in [0.29, 0.717) is 6.07 Å². The van der Waals surface area contributed by atoms with Gasteiger partial charge in [0.25, 0.3) is 0 Å². The zero-order valence-corrected chi connectivity index (χ0v) is 13.1. The predicted molar refractivity (Wildman–Crippen MR) is 74.4 cm³/mol. The third-order valence-corrected chi connectivity index (χ3v) is 3.19. The number of carbonyl (C=O) groups is 1. The number of para-hydroxylation sites is 2. The molecule has 0 aliphatic carbocycles. The number of alkyl halides is 7. The Balaban J connectivity index is 2.63. The summed E-state index contributed by atoms with van der Waals surface area (Å²) in [4.78, 5) is 11.4. The predicted octanol–water partition coefficient (Wildman–Crippen LogP) is 4.11. The number of aryl methyl sites for hydroxylation is 1. The standard InChI is InChI=1S/C14H9F8N3O2/c1-24-11(15)9(10(23-24)13(18,19)20)25(6-26)7-4-2-3-5-8(7)27-14(21,22)12(16)17/h2-6,12H,1H3. The Kier molecular flexibility index (Phi) is 5.33. The van der Waals surface area contributed by atoms with Crippen LogP contribution in [0.2, 0.25) is 0 Å². The van der Waals surface area contributed by atoms with Crippen molar-refractivity contribution < 1.29 is 44.7 Å². The lowest BCUT2D eigenvalue weighted by Crippen LogP contribution is -2.34. The van der Waals surface area contributed by atoms with Crippen molar-refractivity contribution in [1.82, 2.24) is 9.78 Å². The zero-order chi connectivity index (χ0) is 20.6. The number of ether oxygens (including phenoxy) is 1. The number of hydrogen-bond donors (Lipinski definition) is 0. The van der Waals surface area contributed by atoms with Crippen LogP contribution in [0.1, 0.15) is 5.69 Å². The Labute approximate surface area is 145 Å². The number of benzene rings is 1. The highest BCUT2D eigenvalue weighted by Gasteiger charge is 2.45. The van der Waals surface area contributed by atoms with Gasteiger partial charge in [-0.2, -0.15) is 40.2 Å². The zero-order valence-electron chi connectivity index (χ0n) is 13.1. The van der Waals surface area contributed by atoms with Crippen LogP contribution in [0.25, 0.3) is 0 Å². The molecule has 0 unspecified atom stereocenters. The van der Waals surface area contributed by atoms with E-state index in [1.807, 2.05) is 0 Å². The first-order chi connectivity index (χ1) is 12.4. The lowest BCUT2D eigenvalue weighted by molar-refractivity contribution is -0.253. The molecule has 0 fully saturated rings. The second-order valence-corrected chi connectivity index (χ2v) is 5.02. The number of aromatic nitrogens is 2. The van der Waals surface area contributed by atoms with Gasteiger partial charge in [-0.25, -0.2) is 4.68 Å². The first-order valence-electron chi connectivity index (χ1n) is 6.88. The molecule has 0 aliphatic rings. The van der Waals surface area contributed by atoms with Crippen LogP contribution in [0.5, 0.6) is 5.75 Å². The fourth-order valence-corrected chi connectivity index (χ4v) is 2.06. The van der Waals surface area contributed by atoms with Gasteiger partial charge in [0.2, 0.25) is 12.4 Å². The molecule has 1 aromatic heterocycles. The highest BCUT2D eigenvalue weighted by Crippen LogP contribution is 2.43. The SMILES string of the molecule is Cn1nc(C(F)(F)F)c(N(C=O)c2ccccc2OC(F)(F)C(F)F)c1F. The van der Waals surface area contributed by atoms with E-state index in [2.05, 4.69) is 9.84 Å². The van der Waals surface area contributed by atoms with Crippen LogP contribution in [0.3, 0.4) is 0 Å². The molecule has 1 amide bonds. The van der Waals surface area contributed by atoms with Crippen LogP contribution in [-0.4, -0.2) is 28.7 Å². The summed E-state index contributed by atoms with van der Waals surface area (Å²) in [7, 11) is 0.810. The number of nitrogens with zero attached hydrogens (tertiary/aromatic N) is 3. The molecule has 0 aliphatic heterocycles. The molecule has 0 spiro atoms. The van der Waals surface area contributed by atoms with Gasteiger partial charge in [-0.1, -0.05) is 12.1 Å². The molecule has 1 aromatic carbocycles. The van der Waals surface area contributed by atoms with Crippen LogP contribution < -0.4 is 9.64 Å². The van der Waals surface area contributed by atoms with Gasteiger partial charge in [0.15, 0.2) is 11.4 Å². The van der Waals surface area contributed by atoms with Crippen molar-refractivity contribution in [2.75, 3.05) is 4.90 Å². The Morgan fingerprint density at radius 1 is 1.19 bits per heavy atom. The Morgan fingerprint density at radius 3 is 2.30 bits per heavy atom. The highest BCUT2D eigenvalue weighted by atomic mass is 19.4. The quantitative estimate of drug-likeness (QED) is 0.539. The van der Waals surface area contributed by atoms with Gasteiger partial charge in [-0.15, -0.1) is 0 Å². The number of halogens is 8. The van der Waals surface area contributed by atoms with Crippen molar-refractivity contribution in [3.05, 3.63) is 35.9 Å². The number of carbonyl (C=O) groups excluding carboxylic acids is 1. The maximum atomic E-state index is 14.2. The summed E-state index contributed by atoms with van der Waals surface area (Å²) in [5, 5.41) is 2.92. The second kappa shape index (κ2) is 7.04. The van der Waals surface area contributed by atoms with Gasteiger partial charge >= 0.3 is 18.7 Å².